The molecule has 0 spiro atoms. The predicted molar refractivity (Wildman–Crippen MR) is 73.1 cm³/mol. The molecule has 3 amide bonds. The molecule has 1 unspecified atom stereocenters. The summed E-state index contributed by atoms with van der Waals surface area (Å²) in [4.78, 5) is 34.2. The average Bonchev–Trinajstić information content (AvgIpc) is 2.44. The van der Waals surface area contributed by atoms with E-state index in [9.17, 15) is 18.8 Å². The highest BCUT2D eigenvalue weighted by atomic mass is 19.1. The number of amides is 3. The Morgan fingerprint density at radius 1 is 1.43 bits per heavy atom. The number of piperazine rings is 1. The normalized spacial score (nSPS) is 18.0. The molecular weight excluding hydrogens is 279 g/mol. The molecule has 1 atom stereocenters. The van der Waals surface area contributed by atoms with Gasteiger partial charge in [-0.05, 0) is 19.1 Å². The first-order chi connectivity index (χ1) is 9.88. The predicted octanol–water partition coefficient (Wildman–Crippen LogP) is -0.740. The highest BCUT2D eigenvalue weighted by Gasteiger charge is 2.24. The fourth-order valence-electron chi connectivity index (χ4n) is 1.92. The van der Waals surface area contributed by atoms with Gasteiger partial charge in [-0.15, -0.1) is 0 Å². The minimum atomic E-state index is -0.785. The molecule has 0 aliphatic carbocycles. The van der Waals surface area contributed by atoms with Crippen LogP contribution in [0.2, 0.25) is 0 Å². The Bertz CT molecular complexity index is 608. The van der Waals surface area contributed by atoms with Gasteiger partial charge in [-0.2, -0.15) is 0 Å². The largest absolute Gasteiger partial charge is 0.366 e. The molecule has 0 aromatic heterocycles. The van der Waals surface area contributed by atoms with Crippen molar-refractivity contribution >= 4 is 23.4 Å². The third kappa shape index (κ3) is 3.34. The number of hydrogen-bond acceptors (Lipinski definition) is 4. The van der Waals surface area contributed by atoms with E-state index in [1.54, 1.807) is 0 Å². The summed E-state index contributed by atoms with van der Waals surface area (Å²) in [6.07, 6.45) is 0. The molecule has 1 saturated heterocycles. The highest BCUT2D eigenvalue weighted by Crippen LogP contribution is 2.20. The second kappa shape index (κ2) is 5.88. The lowest BCUT2D eigenvalue weighted by atomic mass is 10.1. The van der Waals surface area contributed by atoms with Crippen molar-refractivity contribution in [2.24, 2.45) is 5.73 Å². The highest BCUT2D eigenvalue weighted by molar-refractivity contribution is 5.99. The molecule has 2 rings (SSSR count). The lowest BCUT2D eigenvalue weighted by Gasteiger charge is -2.23. The number of anilines is 1. The number of benzene rings is 1. The third-order valence-corrected chi connectivity index (χ3v) is 3.22. The molecule has 1 aliphatic rings. The molecule has 1 aromatic carbocycles. The van der Waals surface area contributed by atoms with Gasteiger partial charge in [-0.25, -0.2) is 4.39 Å². The first kappa shape index (κ1) is 14.9. The van der Waals surface area contributed by atoms with E-state index in [0.29, 0.717) is 0 Å². The van der Waals surface area contributed by atoms with Crippen LogP contribution in [0.1, 0.15) is 15.9 Å². The van der Waals surface area contributed by atoms with Crippen molar-refractivity contribution in [1.82, 2.24) is 10.6 Å². The maximum atomic E-state index is 13.7. The van der Waals surface area contributed by atoms with Crippen LogP contribution in [-0.2, 0) is 9.59 Å². The maximum Gasteiger partial charge on any atom is 0.248 e. The summed E-state index contributed by atoms with van der Waals surface area (Å²) in [5, 5.41) is 7.83. The van der Waals surface area contributed by atoms with Crippen LogP contribution in [0.5, 0.6) is 0 Å². The van der Waals surface area contributed by atoms with Crippen molar-refractivity contribution in [3.8, 4) is 0 Å². The zero-order valence-electron chi connectivity index (χ0n) is 11.3. The van der Waals surface area contributed by atoms with Crippen LogP contribution in [0.25, 0.3) is 0 Å². The lowest BCUT2D eigenvalue weighted by molar-refractivity contribution is -0.124. The van der Waals surface area contributed by atoms with Gasteiger partial charge in [-0.3, -0.25) is 19.7 Å². The smallest absolute Gasteiger partial charge is 0.248 e. The Balaban J connectivity index is 2.17. The number of rotatable bonds is 3. The number of halogens is 1. The van der Waals surface area contributed by atoms with Gasteiger partial charge in [0, 0.05) is 23.4 Å². The van der Waals surface area contributed by atoms with Gasteiger partial charge in [0.2, 0.25) is 17.7 Å². The van der Waals surface area contributed by atoms with Crippen molar-refractivity contribution in [2.45, 2.75) is 13.0 Å². The second-order valence-corrected chi connectivity index (χ2v) is 4.72. The summed E-state index contributed by atoms with van der Waals surface area (Å²) >= 11 is 0. The number of hydrogen-bond donors (Lipinski definition) is 4. The first-order valence-electron chi connectivity index (χ1n) is 6.29. The lowest BCUT2D eigenvalue weighted by Crippen LogP contribution is -2.56. The van der Waals surface area contributed by atoms with Crippen molar-refractivity contribution in [1.29, 1.82) is 0 Å². The monoisotopic (exact) mass is 294 g/mol. The Morgan fingerprint density at radius 2 is 2.14 bits per heavy atom. The number of carbonyl (C=O) groups is 3. The Morgan fingerprint density at radius 3 is 2.71 bits per heavy atom. The van der Waals surface area contributed by atoms with Crippen molar-refractivity contribution < 1.29 is 18.8 Å². The van der Waals surface area contributed by atoms with Crippen LogP contribution in [0.4, 0.5) is 10.1 Å². The molecule has 8 heteroatoms. The van der Waals surface area contributed by atoms with E-state index >= 15 is 0 Å². The van der Waals surface area contributed by atoms with E-state index in [-0.39, 0.29) is 35.8 Å². The number of primary amides is 1. The van der Waals surface area contributed by atoms with E-state index in [4.69, 9.17) is 5.73 Å². The topological polar surface area (TPSA) is 113 Å². The molecule has 1 aliphatic heterocycles. The molecule has 0 saturated carbocycles. The van der Waals surface area contributed by atoms with E-state index in [0.717, 1.165) is 6.07 Å². The first-order valence-corrected chi connectivity index (χ1v) is 6.29. The van der Waals surface area contributed by atoms with E-state index in [1.807, 2.05) is 0 Å². The summed E-state index contributed by atoms with van der Waals surface area (Å²) < 4.78 is 13.7. The molecule has 7 nitrogen and oxygen atoms in total. The molecule has 1 heterocycles. The van der Waals surface area contributed by atoms with Crippen LogP contribution in [0, 0.1) is 12.7 Å². The number of nitrogens with two attached hydrogens (primary N) is 1. The van der Waals surface area contributed by atoms with Gasteiger partial charge < -0.3 is 16.4 Å². The van der Waals surface area contributed by atoms with E-state index < -0.39 is 23.7 Å². The molecule has 1 aromatic rings. The van der Waals surface area contributed by atoms with Crippen LogP contribution in [-0.4, -0.2) is 36.9 Å². The molecule has 1 fully saturated rings. The molecule has 0 radical (unpaired) electrons. The van der Waals surface area contributed by atoms with Crippen LogP contribution >= 0.6 is 0 Å². The van der Waals surface area contributed by atoms with Gasteiger partial charge in [0.15, 0.2) is 0 Å². The fraction of sp³-hybridized carbons (Fsp3) is 0.308. The van der Waals surface area contributed by atoms with Crippen LogP contribution in [0.3, 0.4) is 0 Å². The molecular formula is C13H15FN4O3. The summed E-state index contributed by atoms with van der Waals surface area (Å²) in [5.41, 5.74) is 5.46. The van der Waals surface area contributed by atoms with Gasteiger partial charge >= 0.3 is 0 Å². The summed E-state index contributed by atoms with van der Waals surface area (Å²) in [6, 6.07) is 1.72. The standard InChI is InChI=1S/C13H15FN4O3/c1-6-8(14)2-7(12(15)20)3-9(6)18-13(21)10-4-17-11(19)5-16-10/h2-3,10,16H,4-5H2,1H3,(H2,15,20)(H,17,19)(H,18,21). The third-order valence-electron chi connectivity index (χ3n) is 3.22. The van der Waals surface area contributed by atoms with Crippen LogP contribution < -0.4 is 21.7 Å². The van der Waals surface area contributed by atoms with Gasteiger partial charge in [0.05, 0.1) is 6.54 Å². The van der Waals surface area contributed by atoms with E-state index in [1.165, 1.54) is 13.0 Å². The summed E-state index contributed by atoms with van der Waals surface area (Å²) in [7, 11) is 0. The Hall–Kier alpha value is -2.48. The van der Waals surface area contributed by atoms with Crippen LogP contribution in [0.15, 0.2) is 12.1 Å². The van der Waals surface area contributed by atoms with Gasteiger partial charge in [-0.1, -0.05) is 0 Å². The average molecular weight is 294 g/mol. The maximum absolute atomic E-state index is 13.7. The SMILES string of the molecule is Cc1c(F)cc(C(N)=O)cc1NC(=O)C1CNC(=O)CN1. The minimum absolute atomic E-state index is 0.0293. The van der Waals surface area contributed by atoms with Gasteiger partial charge in [0.1, 0.15) is 11.9 Å². The fourth-order valence-corrected chi connectivity index (χ4v) is 1.92. The zero-order chi connectivity index (χ0) is 15.6. The number of nitrogens with one attached hydrogen (secondary N) is 3. The van der Waals surface area contributed by atoms with E-state index in [2.05, 4.69) is 16.0 Å². The minimum Gasteiger partial charge on any atom is -0.366 e. The summed E-state index contributed by atoms with van der Waals surface area (Å²) in [5.74, 6) is -2.05. The van der Waals surface area contributed by atoms with Crippen molar-refractivity contribution in [2.75, 3.05) is 18.4 Å². The zero-order valence-corrected chi connectivity index (χ0v) is 11.3. The molecule has 0 bridgehead atoms. The molecule has 112 valence electrons. The van der Waals surface area contributed by atoms with Gasteiger partial charge in [0.25, 0.3) is 0 Å². The summed E-state index contributed by atoms with van der Waals surface area (Å²) in [6.45, 7) is 1.65. The Labute approximate surface area is 120 Å². The molecule has 5 N–H and O–H groups in total. The molecule has 21 heavy (non-hydrogen) atoms. The number of carbonyl (C=O) groups excluding carboxylic acids is 3. The quantitative estimate of drug-likeness (QED) is 0.588. The van der Waals surface area contributed by atoms with Crippen molar-refractivity contribution in [3.05, 3.63) is 29.1 Å². The van der Waals surface area contributed by atoms with Crippen molar-refractivity contribution in [3.63, 3.8) is 0 Å². The second-order valence-electron chi connectivity index (χ2n) is 4.72. The Kier molecular flexibility index (Phi) is 4.18.